The van der Waals surface area contributed by atoms with Crippen LogP contribution in [0.2, 0.25) is 5.02 Å². The number of rotatable bonds is 6. The largest absolute Gasteiger partial charge is 0.493 e. The first kappa shape index (κ1) is 15.3. The van der Waals surface area contributed by atoms with Crippen molar-refractivity contribution in [2.75, 3.05) is 20.3 Å². The summed E-state index contributed by atoms with van der Waals surface area (Å²) in [5, 5.41) is 0.113. The molecule has 0 atom stereocenters. The van der Waals surface area contributed by atoms with Crippen LogP contribution >= 0.6 is 11.6 Å². The van der Waals surface area contributed by atoms with Gasteiger partial charge in [-0.1, -0.05) is 11.6 Å². The van der Waals surface area contributed by atoms with E-state index in [0.29, 0.717) is 12.4 Å². The highest BCUT2D eigenvalue weighted by atomic mass is 35.5. The molecule has 1 aromatic rings. The molecular formula is C13H15ClO5. The summed E-state index contributed by atoms with van der Waals surface area (Å²) in [5.41, 5.74) is -0.0404. The lowest BCUT2D eigenvalue weighted by molar-refractivity contribution is -0.137. The van der Waals surface area contributed by atoms with Gasteiger partial charge in [-0.05, 0) is 26.0 Å². The van der Waals surface area contributed by atoms with E-state index < -0.39 is 11.8 Å². The molecule has 0 N–H and O–H groups in total. The Morgan fingerprint density at radius 3 is 2.42 bits per heavy atom. The fraction of sp³-hybridized carbons (Fsp3) is 0.385. The number of hydrogen-bond donors (Lipinski definition) is 0. The number of esters is 1. The van der Waals surface area contributed by atoms with Gasteiger partial charge in [-0.2, -0.15) is 0 Å². The van der Waals surface area contributed by atoms with Gasteiger partial charge < -0.3 is 14.2 Å². The van der Waals surface area contributed by atoms with Crippen molar-refractivity contribution >= 4 is 23.4 Å². The van der Waals surface area contributed by atoms with Crippen molar-refractivity contribution < 1.29 is 23.8 Å². The van der Waals surface area contributed by atoms with E-state index in [-0.39, 0.29) is 22.9 Å². The van der Waals surface area contributed by atoms with Crippen LogP contribution < -0.4 is 9.47 Å². The van der Waals surface area contributed by atoms with E-state index >= 15 is 0 Å². The second-order valence-corrected chi connectivity index (χ2v) is 3.84. The SMILES string of the molecule is CCOC(=O)C(=O)c1c(Cl)ccc(OC)c1OCC. The average molecular weight is 287 g/mol. The third-order valence-electron chi connectivity index (χ3n) is 2.27. The second-order valence-electron chi connectivity index (χ2n) is 3.44. The highest BCUT2D eigenvalue weighted by molar-refractivity contribution is 6.46. The Hall–Kier alpha value is -1.75. The summed E-state index contributed by atoms with van der Waals surface area (Å²) in [6.45, 7) is 3.77. The molecule has 104 valence electrons. The van der Waals surface area contributed by atoms with Crippen molar-refractivity contribution in [3.05, 3.63) is 22.7 Å². The van der Waals surface area contributed by atoms with Gasteiger partial charge in [-0.15, -0.1) is 0 Å². The monoisotopic (exact) mass is 286 g/mol. The van der Waals surface area contributed by atoms with Crippen LogP contribution in [0.4, 0.5) is 0 Å². The third kappa shape index (κ3) is 3.38. The van der Waals surface area contributed by atoms with Gasteiger partial charge in [0, 0.05) is 0 Å². The van der Waals surface area contributed by atoms with Crippen LogP contribution in [0.25, 0.3) is 0 Å². The molecule has 0 aliphatic rings. The molecule has 6 heteroatoms. The molecule has 5 nitrogen and oxygen atoms in total. The molecule has 0 aliphatic carbocycles. The zero-order valence-corrected chi connectivity index (χ0v) is 11.7. The molecule has 0 fully saturated rings. The predicted molar refractivity (Wildman–Crippen MR) is 70.1 cm³/mol. The standard InChI is InChI=1S/C13H15ClO5/c1-4-18-12-9(17-3)7-6-8(14)10(12)11(15)13(16)19-5-2/h6-7H,4-5H2,1-3H3. The third-order valence-corrected chi connectivity index (χ3v) is 2.58. The zero-order valence-electron chi connectivity index (χ0n) is 11.0. The molecule has 0 heterocycles. The number of halogens is 1. The average Bonchev–Trinajstić information content (AvgIpc) is 2.39. The first-order valence-electron chi connectivity index (χ1n) is 5.77. The second kappa shape index (κ2) is 6.99. The molecule has 0 saturated carbocycles. The molecule has 0 amide bonds. The Morgan fingerprint density at radius 1 is 1.21 bits per heavy atom. The summed E-state index contributed by atoms with van der Waals surface area (Å²) in [6.07, 6.45) is 0. The van der Waals surface area contributed by atoms with Crippen molar-refractivity contribution in [1.82, 2.24) is 0 Å². The Balaban J connectivity index is 3.31. The quantitative estimate of drug-likeness (QED) is 0.457. The Labute approximate surface area is 116 Å². The minimum absolute atomic E-state index is 0.0404. The van der Waals surface area contributed by atoms with Gasteiger partial charge in [-0.25, -0.2) is 4.79 Å². The Morgan fingerprint density at radius 2 is 1.89 bits per heavy atom. The van der Waals surface area contributed by atoms with E-state index in [2.05, 4.69) is 4.74 Å². The summed E-state index contributed by atoms with van der Waals surface area (Å²) < 4.78 is 15.1. The maximum Gasteiger partial charge on any atom is 0.379 e. The van der Waals surface area contributed by atoms with Gasteiger partial charge in [0.25, 0.3) is 5.78 Å². The highest BCUT2D eigenvalue weighted by Crippen LogP contribution is 2.36. The lowest BCUT2D eigenvalue weighted by Crippen LogP contribution is -2.19. The molecule has 19 heavy (non-hydrogen) atoms. The minimum atomic E-state index is -0.974. The van der Waals surface area contributed by atoms with Crippen molar-refractivity contribution in [3.8, 4) is 11.5 Å². The lowest BCUT2D eigenvalue weighted by Gasteiger charge is -2.14. The molecule has 0 radical (unpaired) electrons. The number of methoxy groups -OCH3 is 1. The number of Topliss-reactive ketones (excluding diaryl/α,β-unsaturated/α-hetero) is 1. The molecular weight excluding hydrogens is 272 g/mol. The van der Waals surface area contributed by atoms with Crippen LogP contribution in [0.5, 0.6) is 11.5 Å². The van der Waals surface area contributed by atoms with Gasteiger partial charge in [0.05, 0.1) is 30.9 Å². The summed E-state index contributed by atoms with van der Waals surface area (Å²) in [4.78, 5) is 23.5. The van der Waals surface area contributed by atoms with Crippen LogP contribution in [0.15, 0.2) is 12.1 Å². The Bertz CT molecular complexity index is 484. The minimum Gasteiger partial charge on any atom is -0.493 e. The van der Waals surface area contributed by atoms with E-state index in [4.69, 9.17) is 21.1 Å². The van der Waals surface area contributed by atoms with E-state index in [1.54, 1.807) is 19.9 Å². The lowest BCUT2D eigenvalue weighted by atomic mass is 10.1. The molecule has 1 rings (SSSR count). The first-order chi connectivity index (χ1) is 9.06. The predicted octanol–water partition coefficient (Wildman–Crippen LogP) is 2.49. The van der Waals surface area contributed by atoms with Gasteiger partial charge in [0.2, 0.25) is 0 Å². The van der Waals surface area contributed by atoms with Crippen LogP contribution in [-0.2, 0) is 9.53 Å². The van der Waals surface area contributed by atoms with Crippen LogP contribution in [-0.4, -0.2) is 32.1 Å². The van der Waals surface area contributed by atoms with Crippen LogP contribution in [0, 0.1) is 0 Å². The fourth-order valence-corrected chi connectivity index (χ4v) is 1.73. The first-order valence-corrected chi connectivity index (χ1v) is 6.15. The molecule has 0 unspecified atom stereocenters. The number of carbonyl (C=O) groups excluding carboxylic acids is 2. The number of ketones is 1. The van der Waals surface area contributed by atoms with Crippen molar-refractivity contribution in [1.29, 1.82) is 0 Å². The fourth-order valence-electron chi connectivity index (χ4n) is 1.50. The smallest absolute Gasteiger partial charge is 0.379 e. The number of ether oxygens (including phenoxy) is 3. The number of hydrogen-bond acceptors (Lipinski definition) is 5. The molecule has 1 aromatic carbocycles. The van der Waals surface area contributed by atoms with Crippen molar-refractivity contribution in [3.63, 3.8) is 0 Å². The molecule has 0 aliphatic heterocycles. The maximum atomic E-state index is 12.0. The topological polar surface area (TPSA) is 61.8 Å². The van der Waals surface area contributed by atoms with Crippen molar-refractivity contribution in [2.24, 2.45) is 0 Å². The van der Waals surface area contributed by atoms with E-state index in [9.17, 15) is 9.59 Å². The van der Waals surface area contributed by atoms with Gasteiger partial charge in [0.15, 0.2) is 11.5 Å². The van der Waals surface area contributed by atoms with Crippen molar-refractivity contribution in [2.45, 2.75) is 13.8 Å². The van der Waals surface area contributed by atoms with Crippen LogP contribution in [0.1, 0.15) is 24.2 Å². The summed E-state index contributed by atoms with van der Waals surface area (Å²) in [7, 11) is 1.43. The van der Waals surface area contributed by atoms with E-state index in [1.165, 1.54) is 13.2 Å². The Kier molecular flexibility index (Phi) is 5.63. The molecule has 0 aromatic heterocycles. The zero-order chi connectivity index (χ0) is 14.4. The number of benzene rings is 1. The summed E-state index contributed by atoms with van der Waals surface area (Å²) >= 11 is 5.97. The van der Waals surface area contributed by atoms with E-state index in [0.717, 1.165) is 0 Å². The van der Waals surface area contributed by atoms with Crippen LogP contribution in [0.3, 0.4) is 0 Å². The van der Waals surface area contributed by atoms with E-state index in [1.807, 2.05) is 0 Å². The molecule has 0 spiro atoms. The summed E-state index contributed by atoms with van der Waals surface area (Å²) in [6, 6.07) is 3.03. The molecule has 0 saturated heterocycles. The van der Waals surface area contributed by atoms with Gasteiger partial charge in [0.1, 0.15) is 0 Å². The molecule has 0 bridgehead atoms. The van der Waals surface area contributed by atoms with Gasteiger partial charge >= 0.3 is 5.97 Å². The highest BCUT2D eigenvalue weighted by Gasteiger charge is 2.27. The number of carbonyl (C=O) groups is 2. The summed E-state index contributed by atoms with van der Waals surface area (Å²) in [5.74, 6) is -1.35. The van der Waals surface area contributed by atoms with Gasteiger partial charge in [-0.3, -0.25) is 4.79 Å². The maximum absolute atomic E-state index is 12.0. The normalized spacial score (nSPS) is 9.89.